The molecule has 6 nitrogen and oxygen atoms in total. The molecule has 1 heterocycles. The highest BCUT2D eigenvalue weighted by atomic mass is 32.2. The summed E-state index contributed by atoms with van der Waals surface area (Å²) in [5.74, 6) is 0.249. The Bertz CT molecular complexity index is 511. The Balaban J connectivity index is 2.53. The maximum Gasteiger partial charge on any atom is 0.243 e. The van der Waals surface area contributed by atoms with E-state index >= 15 is 0 Å². The van der Waals surface area contributed by atoms with Crippen LogP contribution in [0.15, 0.2) is 17.3 Å². The van der Waals surface area contributed by atoms with Crippen LogP contribution in [0, 0.1) is 5.92 Å². The third kappa shape index (κ3) is 6.15. The zero-order chi connectivity index (χ0) is 15.9. The molecule has 0 saturated heterocycles. The number of hydrogen-bond donors (Lipinski definition) is 2. The molecule has 0 aliphatic carbocycles. The van der Waals surface area contributed by atoms with Crippen molar-refractivity contribution in [2.24, 2.45) is 5.92 Å². The van der Waals surface area contributed by atoms with Gasteiger partial charge in [-0.3, -0.25) is 4.68 Å². The van der Waals surface area contributed by atoms with E-state index < -0.39 is 10.0 Å². The SMILES string of the molecule is CCCNCCCn1cc(S(=O)(=O)NC(C)C(C)C)cn1. The van der Waals surface area contributed by atoms with Crippen LogP contribution in [0.5, 0.6) is 0 Å². The van der Waals surface area contributed by atoms with Crippen LogP contribution >= 0.6 is 0 Å². The highest BCUT2D eigenvalue weighted by molar-refractivity contribution is 7.89. The van der Waals surface area contributed by atoms with Gasteiger partial charge in [-0.15, -0.1) is 0 Å². The van der Waals surface area contributed by atoms with E-state index in [2.05, 4.69) is 22.1 Å². The summed E-state index contributed by atoms with van der Waals surface area (Å²) in [6.07, 6.45) is 5.05. The summed E-state index contributed by atoms with van der Waals surface area (Å²) in [5.41, 5.74) is 0. The van der Waals surface area contributed by atoms with Gasteiger partial charge in [-0.25, -0.2) is 13.1 Å². The van der Waals surface area contributed by atoms with Crippen molar-refractivity contribution >= 4 is 10.0 Å². The lowest BCUT2D eigenvalue weighted by atomic mass is 10.1. The molecule has 2 N–H and O–H groups in total. The highest BCUT2D eigenvalue weighted by Gasteiger charge is 2.20. The molecule has 1 aromatic heterocycles. The van der Waals surface area contributed by atoms with Crippen LogP contribution < -0.4 is 10.0 Å². The van der Waals surface area contributed by atoms with Crippen molar-refractivity contribution in [1.82, 2.24) is 19.8 Å². The number of nitrogens with one attached hydrogen (secondary N) is 2. The van der Waals surface area contributed by atoms with Gasteiger partial charge in [-0.2, -0.15) is 5.10 Å². The van der Waals surface area contributed by atoms with Gasteiger partial charge in [-0.1, -0.05) is 20.8 Å². The van der Waals surface area contributed by atoms with E-state index in [0.29, 0.717) is 6.54 Å². The minimum atomic E-state index is -3.47. The molecule has 0 saturated carbocycles. The second-order valence-electron chi connectivity index (χ2n) is 5.70. The zero-order valence-corrected chi connectivity index (χ0v) is 14.3. The summed E-state index contributed by atoms with van der Waals surface area (Å²) in [4.78, 5) is 0.233. The van der Waals surface area contributed by atoms with Gasteiger partial charge < -0.3 is 5.32 Å². The standard InChI is InChI=1S/C14H28N4O2S/c1-5-7-15-8-6-9-18-11-14(10-16-18)21(19,20)17-13(4)12(2)3/h10-13,15,17H,5-9H2,1-4H3. The van der Waals surface area contributed by atoms with Crippen molar-refractivity contribution < 1.29 is 8.42 Å². The van der Waals surface area contributed by atoms with Crippen molar-refractivity contribution in [2.75, 3.05) is 13.1 Å². The van der Waals surface area contributed by atoms with Crippen molar-refractivity contribution in [3.8, 4) is 0 Å². The predicted octanol–water partition coefficient (Wildman–Crippen LogP) is 1.60. The molecule has 1 rings (SSSR count). The van der Waals surface area contributed by atoms with E-state index in [1.54, 1.807) is 10.9 Å². The molecule has 0 bridgehead atoms. The first-order chi connectivity index (χ1) is 9.86. The number of rotatable bonds is 10. The molecule has 0 aliphatic heterocycles. The average Bonchev–Trinajstić information content (AvgIpc) is 2.87. The van der Waals surface area contributed by atoms with Crippen molar-refractivity contribution in [3.05, 3.63) is 12.4 Å². The first-order valence-corrected chi connectivity index (χ1v) is 9.10. The Kier molecular flexibility index (Phi) is 7.34. The zero-order valence-electron chi connectivity index (χ0n) is 13.5. The quantitative estimate of drug-likeness (QED) is 0.643. The summed E-state index contributed by atoms with van der Waals surface area (Å²) >= 11 is 0. The molecule has 1 atom stereocenters. The monoisotopic (exact) mass is 316 g/mol. The first-order valence-electron chi connectivity index (χ1n) is 7.62. The Hall–Kier alpha value is -0.920. The maximum absolute atomic E-state index is 12.2. The van der Waals surface area contributed by atoms with E-state index in [0.717, 1.165) is 25.9 Å². The van der Waals surface area contributed by atoms with Crippen LogP contribution in [-0.2, 0) is 16.6 Å². The van der Waals surface area contributed by atoms with Crippen LogP contribution in [0.1, 0.15) is 40.5 Å². The molecular weight excluding hydrogens is 288 g/mol. The highest BCUT2D eigenvalue weighted by Crippen LogP contribution is 2.10. The summed E-state index contributed by atoms with van der Waals surface area (Å²) in [6, 6.07) is -0.100. The molecule has 21 heavy (non-hydrogen) atoms. The van der Waals surface area contributed by atoms with Gasteiger partial charge in [0.25, 0.3) is 0 Å². The topological polar surface area (TPSA) is 76.0 Å². The van der Waals surface area contributed by atoms with Gasteiger partial charge in [0, 0.05) is 18.8 Å². The van der Waals surface area contributed by atoms with Crippen LogP contribution in [-0.4, -0.2) is 37.3 Å². The fraction of sp³-hybridized carbons (Fsp3) is 0.786. The van der Waals surface area contributed by atoms with Gasteiger partial charge in [0.2, 0.25) is 10.0 Å². The minimum Gasteiger partial charge on any atom is -0.317 e. The maximum atomic E-state index is 12.2. The van der Waals surface area contributed by atoms with Crippen molar-refractivity contribution in [1.29, 1.82) is 0 Å². The molecule has 1 unspecified atom stereocenters. The van der Waals surface area contributed by atoms with Gasteiger partial charge in [0.15, 0.2) is 0 Å². The van der Waals surface area contributed by atoms with E-state index in [1.165, 1.54) is 6.20 Å². The average molecular weight is 316 g/mol. The third-order valence-electron chi connectivity index (χ3n) is 3.43. The number of hydrogen-bond acceptors (Lipinski definition) is 4. The fourth-order valence-corrected chi connectivity index (χ4v) is 3.07. The molecule has 1 aromatic rings. The number of aryl methyl sites for hydroxylation is 1. The van der Waals surface area contributed by atoms with Crippen LogP contribution in [0.25, 0.3) is 0 Å². The number of aromatic nitrogens is 2. The summed E-state index contributed by atoms with van der Waals surface area (Å²) in [6.45, 7) is 10.6. The Morgan fingerprint density at radius 1 is 1.29 bits per heavy atom. The normalized spacial score (nSPS) is 13.8. The van der Waals surface area contributed by atoms with E-state index in [4.69, 9.17) is 0 Å². The van der Waals surface area contributed by atoms with Gasteiger partial charge in [-0.05, 0) is 38.8 Å². The van der Waals surface area contributed by atoms with E-state index in [1.807, 2.05) is 20.8 Å². The number of nitrogens with zero attached hydrogens (tertiary/aromatic N) is 2. The van der Waals surface area contributed by atoms with Gasteiger partial charge in [0.1, 0.15) is 4.90 Å². The van der Waals surface area contributed by atoms with Gasteiger partial charge in [0.05, 0.1) is 6.20 Å². The molecule has 0 aliphatic rings. The first kappa shape index (κ1) is 18.1. The lowest BCUT2D eigenvalue weighted by Crippen LogP contribution is -2.35. The molecule has 0 amide bonds. The molecule has 0 aromatic carbocycles. The molecule has 122 valence electrons. The van der Waals surface area contributed by atoms with Crippen LogP contribution in [0.2, 0.25) is 0 Å². The molecule has 0 spiro atoms. The third-order valence-corrected chi connectivity index (χ3v) is 4.94. The smallest absolute Gasteiger partial charge is 0.243 e. The molecule has 0 radical (unpaired) electrons. The molecule has 0 fully saturated rings. The lowest BCUT2D eigenvalue weighted by molar-refractivity contribution is 0.476. The van der Waals surface area contributed by atoms with Crippen molar-refractivity contribution in [3.63, 3.8) is 0 Å². The molecular formula is C14H28N4O2S. The summed E-state index contributed by atoms with van der Waals surface area (Å²) in [7, 11) is -3.47. The Morgan fingerprint density at radius 3 is 2.62 bits per heavy atom. The fourth-order valence-electron chi connectivity index (χ4n) is 1.72. The lowest BCUT2D eigenvalue weighted by Gasteiger charge is -2.16. The van der Waals surface area contributed by atoms with E-state index in [-0.39, 0.29) is 16.9 Å². The second kappa shape index (κ2) is 8.51. The summed E-state index contributed by atoms with van der Waals surface area (Å²) < 4.78 is 28.8. The number of sulfonamides is 1. The second-order valence-corrected chi connectivity index (χ2v) is 7.41. The largest absolute Gasteiger partial charge is 0.317 e. The molecule has 7 heteroatoms. The Morgan fingerprint density at radius 2 is 2.00 bits per heavy atom. The van der Waals surface area contributed by atoms with Gasteiger partial charge >= 0.3 is 0 Å². The van der Waals surface area contributed by atoms with E-state index in [9.17, 15) is 8.42 Å². The Labute approximate surface area is 128 Å². The predicted molar refractivity (Wildman–Crippen MR) is 84.6 cm³/mol. The minimum absolute atomic E-state index is 0.100. The van der Waals surface area contributed by atoms with Crippen molar-refractivity contribution in [2.45, 2.75) is 58.0 Å². The summed E-state index contributed by atoms with van der Waals surface area (Å²) in [5, 5.41) is 7.43. The van der Waals surface area contributed by atoms with Crippen LogP contribution in [0.4, 0.5) is 0 Å². The van der Waals surface area contributed by atoms with Crippen LogP contribution in [0.3, 0.4) is 0 Å².